The number of nitrogens with two attached hydrogens (primary N) is 1. The lowest BCUT2D eigenvalue weighted by Gasteiger charge is -2.32. The summed E-state index contributed by atoms with van der Waals surface area (Å²) >= 11 is 0. The van der Waals surface area contributed by atoms with Crippen molar-refractivity contribution in [1.82, 2.24) is 4.90 Å². The highest BCUT2D eigenvalue weighted by atomic mass is 16.2. The van der Waals surface area contributed by atoms with E-state index < -0.39 is 11.8 Å². The molecule has 2 rings (SSSR count). The van der Waals surface area contributed by atoms with Gasteiger partial charge in [-0.3, -0.25) is 9.59 Å². The molecule has 1 fully saturated rings. The molecule has 1 aliphatic heterocycles. The zero-order valence-electron chi connectivity index (χ0n) is 12.0. The molecule has 1 aromatic rings. The number of anilines is 2. The molecule has 1 heterocycles. The van der Waals surface area contributed by atoms with Gasteiger partial charge in [0.05, 0.1) is 11.4 Å². The van der Waals surface area contributed by atoms with Gasteiger partial charge < -0.3 is 16.0 Å². The van der Waals surface area contributed by atoms with Crippen molar-refractivity contribution >= 4 is 23.2 Å². The van der Waals surface area contributed by atoms with E-state index in [1.165, 1.54) is 0 Å². The Morgan fingerprint density at radius 3 is 2.75 bits per heavy atom. The van der Waals surface area contributed by atoms with Crippen LogP contribution in [0.25, 0.3) is 0 Å². The normalized spacial score (nSPS) is 18.7. The van der Waals surface area contributed by atoms with E-state index in [0.717, 1.165) is 24.8 Å². The Morgan fingerprint density at radius 1 is 1.35 bits per heavy atom. The molecule has 1 aliphatic rings. The summed E-state index contributed by atoms with van der Waals surface area (Å²) in [5.74, 6) is -1.09. The van der Waals surface area contributed by atoms with E-state index >= 15 is 0 Å². The van der Waals surface area contributed by atoms with E-state index in [9.17, 15) is 9.59 Å². The van der Waals surface area contributed by atoms with Gasteiger partial charge in [-0.1, -0.05) is 6.07 Å². The summed E-state index contributed by atoms with van der Waals surface area (Å²) in [6.07, 6.45) is 3.01. The number of piperidine rings is 1. The van der Waals surface area contributed by atoms with Crippen molar-refractivity contribution in [2.75, 3.05) is 17.6 Å². The highest BCUT2D eigenvalue weighted by molar-refractivity contribution is 6.39. The second-order valence-corrected chi connectivity index (χ2v) is 5.39. The van der Waals surface area contributed by atoms with E-state index in [1.807, 2.05) is 19.9 Å². The van der Waals surface area contributed by atoms with Gasteiger partial charge in [-0.15, -0.1) is 0 Å². The van der Waals surface area contributed by atoms with Crippen molar-refractivity contribution in [3.05, 3.63) is 23.8 Å². The number of carbonyl (C=O) groups excluding carboxylic acids is 2. The molecule has 0 saturated carbocycles. The fourth-order valence-electron chi connectivity index (χ4n) is 2.50. The van der Waals surface area contributed by atoms with Gasteiger partial charge in [0.15, 0.2) is 0 Å². The van der Waals surface area contributed by atoms with Gasteiger partial charge in [0.25, 0.3) is 0 Å². The maximum absolute atomic E-state index is 12.2. The van der Waals surface area contributed by atoms with Gasteiger partial charge in [0.1, 0.15) is 0 Å². The lowest BCUT2D eigenvalue weighted by Crippen LogP contribution is -2.47. The average Bonchev–Trinajstić information content (AvgIpc) is 2.41. The zero-order valence-corrected chi connectivity index (χ0v) is 12.0. The number of benzene rings is 1. The molecular weight excluding hydrogens is 254 g/mol. The van der Waals surface area contributed by atoms with Crippen molar-refractivity contribution in [1.29, 1.82) is 0 Å². The van der Waals surface area contributed by atoms with Crippen LogP contribution in [0.5, 0.6) is 0 Å². The zero-order chi connectivity index (χ0) is 14.7. The number of aryl methyl sites for hydroxylation is 1. The van der Waals surface area contributed by atoms with Gasteiger partial charge in [-0.25, -0.2) is 0 Å². The van der Waals surface area contributed by atoms with Crippen molar-refractivity contribution in [3.8, 4) is 0 Å². The largest absolute Gasteiger partial charge is 0.397 e. The molecule has 0 radical (unpaired) electrons. The van der Waals surface area contributed by atoms with Crippen LogP contribution in [0.3, 0.4) is 0 Å². The number of nitrogens with one attached hydrogen (secondary N) is 1. The Hall–Kier alpha value is -2.04. The van der Waals surface area contributed by atoms with Crippen LogP contribution >= 0.6 is 0 Å². The predicted octanol–water partition coefficient (Wildman–Crippen LogP) is 1.92. The Balaban J connectivity index is 2.05. The number of nitrogen functional groups attached to an aromatic ring is 1. The minimum Gasteiger partial charge on any atom is -0.397 e. The van der Waals surface area contributed by atoms with E-state index in [1.54, 1.807) is 17.0 Å². The molecule has 108 valence electrons. The first-order valence-electron chi connectivity index (χ1n) is 6.97. The molecule has 0 aliphatic carbocycles. The quantitative estimate of drug-likeness (QED) is 0.607. The van der Waals surface area contributed by atoms with Crippen molar-refractivity contribution in [2.45, 2.75) is 39.2 Å². The molecule has 0 aromatic heterocycles. The summed E-state index contributed by atoms with van der Waals surface area (Å²) in [4.78, 5) is 25.8. The van der Waals surface area contributed by atoms with E-state index in [-0.39, 0.29) is 6.04 Å². The summed E-state index contributed by atoms with van der Waals surface area (Å²) in [6, 6.07) is 5.45. The number of likely N-dealkylation sites (tertiary alicyclic amines) is 1. The topological polar surface area (TPSA) is 75.4 Å². The van der Waals surface area contributed by atoms with Crippen molar-refractivity contribution < 1.29 is 9.59 Å². The summed E-state index contributed by atoms with van der Waals surface area (Å²) in [6.45, 7) is 4.55. The van der Waals surface area contributed by atoms with Crippen molar-refractivity contribution in [3.63, 3.8) is 0 Å². The molecule has 1 saturated heterocycles. The second-order valence-electron chi connectivity index (χ2n) is 5.39. The Morgan fingerprint density at radius 2 is 2.10 bits per heavy atom. The predicted molar refractivity (Wildman–Crippen MR) is 79.2 cm³/mol. The van der Waals surface area contributed by atoms with Gasteiger partial charge in [-0.05, 0) is 50.8 Å². The number of rotatable bonds is 1. The second kappa shape index (κ2) is 5.94. The van der Waals surface area contributed by atoms with Gasteiger partial charge >= 0.3 is 11.8 Å². The fraction of sp³-hybridized carbons (Fsp3) is 0.467. The summed E-state index contributed by atoms with van der Waals surface area (Å²) < 4.78 is 0. The molecule has 1 aromatic carbocycles. The molecule has 1 unspecified atom stereocenters. The smallest absolute Gasteiger partial charge is 0.313 e. The number of amides is 2. The highest BCUT2D eigenvalue weighted by Crippen LogP contribution is 2.20. The first-order chi connectivity index (χ1) is 9.49. The molecule has 1 atom stereocenters. The third-order valence-corrected chi connectivity index (χ3v) is 3.71. The summed E-state index contributed by atoms with van der Waals surface area (Å²) in [7, 11) is 0. The van der Waals surface area contributed by atoms with Crippen LogP contribution in [0.1, 0.15) is 31.7 Å². The first kappa shape index (κ1) is 14.4. The maximum atomic E-state index is 12.2. The van der Waals surface area contributed by atoms with Gasteiger partial charge in [-0.2, -0.15) is 0 Å². The lowest BCUT2D eigenvalue weighted by molar-refractivity contribution is -0.145. The van der Waals surface area contributed by atoms with Crippen LogP contribution in [-0.2, 0) is 9.59 Å². The van der Waals surface area contributed by atoms with E-state index in [4.69, 9.17) is 5.73 Å². The average molecular weight is 275 g/mol. The number of hydrogen-bond donors (Lipinski definition) is 2. The number of nitrogens with zero attached hydrogens (tertiary/aromatic N) is 1. The van der Waals surface area contributed by atoms with Gasteiger partial charge in [0, 0.05) is 12.6 Å². The minimum absolute atomic E-state index is 0.123. The SMILES string of the molecule is Cc1ccc(NC(=O)C(=O)N2CCCCC2C)c(N)c1. The maximum Gasteiger partial charge on any atom is 0.313 e. The Labute approximate surface area is 119 Å². The van der Waals surface area contributed by atoms with Gasteiger partial charge in [0.2, 0.25) is 0 Å². The molecule has 5 nitrogen and oxygen atoms in total. The fourth-order valence-corrected chi connectivity index (χ4v) is 2.50. The number of carbonyl (C=O) groups is 2. The van der Waals surface area contributed by atoms with Crippen LogP contribution in [-0.4, -0.2) is 29.3 Å². The monoisotopic (exact) mass is 275 g/mol. The van der Waals surface area contributed by atoms with E-state index in [0.29, 0.717) is 17.9 Å². The minimum atomic E-state index is -0.616. The lowest BCUT2D eigenvalue weighted by atomic mass is 10.0. The van der Waals surface area contributed by atoms with Crippen LogP contribution in [0.2, 0.25) is 0 Å². The molecule has 3 N–H and O–H groups in total. The standard InChI is InChI=1S/C15H21N3O2/c1-10-6-7-13(12(16)9-10)17-14(19)15(20)18-8-4-3-5-11(18)2/h6-7,9,11H,3-5,8,16H2,1-2H3,(H,17,19). The molecule has 20 heavy (non-hydrogen) atoms. The third-order valence-electron chi connectivity index (χ3n) is 3.71. The highest BCUT2D eigenvalue weighted by Gasteiger charge is 2.28. The Bertz CT molecular complexity index is 528. The van der Waals surface area contributed by atoms with Crippen LogP contribution in [0, 0.1) is 6.92 Å². The van der Waals surface area contributed by atoms with E-state index in [2.05, 4.69) is 5.32 Å². The molecule has 0 spiro atoms. The molecule has 0 bridgehead atoms. The third kappa shape index (κ3) is 3.10. The summed E-state index contributed by atoms with van der Waals surface area (Å²) in [5, 5.41) is 2.60. The first-order valence-corrected chi connectivity index (χ1v) is 6.97. The molecular formula is C15H21N3O2. The number of hydrogen-bond acceptors (Lipinski definition) is 3. The van der Waals surface area contributed by atoms with Crippen LogP contribution < -0.4 is 11.1 Å². The van der Waals surface area contributed by atoms with Crippen molar-refractivity contribution in [2.24, 2.45) is 0 Å². The molecule has 2 amide bonds. The molecule has 5 heteroatoms. The summed E-state index contributed by atoms with van der Waals surface area (Å²) in [5.41, 5.74) is 7.80. The Kier molecular flexibility index (Phi) is 4.27. The van der Waals surface area contributed by atoms with Crippen LogP contribution in [0.4, 0.5) is 11.4 Å². The van der Waals surface area contributed by atoms with Crippen LogP contribution in [0.15, 0.2) is 18.2 Å².